The average Bonchev–Trinajstić information content (AvgIpc) is 2.46. The fourth-order valence-corrected chi connectivity index (χ4v) is 2.50. The van der Waals surface area contributed by atoms with Gasteiger partial charge in [0.15, 0.2) is 6.54 Å². The van der Waals surface area contributed by atoms with E-state index in [4.69, 9.17) is 0 Å². The lowest BCUT2D eigenvalue weighted by Crippen LogP contribution is -2.86. The number of nitrogens with one attached hydrogen (secondary N) is 1. The normalized spacial score (nSPS) is 11.9. The topological polar surface area (TPSA) is 45.7 Å². The molecule has 0 radical (unpaired) electrons. The van der Waals surface area contributed by atoms with E-state index in [1.807, 2.05) is 47.8 Å². The zero-order valence-electron chi connectivity index (χ0n) is 11.3. The molecule has 2 aromatic carbocycles. The van der Waals surface area contributed by atoms with Gasteiger partial charge < -0.3 is 10.6 Å². The highest BCUT2D eigenvalue weighted by molar-refractivity contribution is 14.1. The van der Waals surface area contributed by atoms with E-state index < -0.39 is 0 Å². The van der Waals surface area contributed by atoms with Crippen molar-refractivity contribution in [3.8, 4) is 0 Å². The molecule has 20 heavy (non-hydrogen) atoms. The SMILES string of the molecule is C[C@H]([NH2+]CC(=O)Nc1cccc(I)c1)c1ccccc1. The molecule has 2 aromatic rings. The molecule has 0 saturated heterocycles. The highest BCUT2D eigenvalue weighted by Gasteiger charge is 2.11. The summed E-state index contributed by atoms with van der Waals surface area (Å²) in [6.07, 6.45) is 0. The lowest BCUT2D eigenvalue weighted by molar-refractivity contribution is -0.682. The molecule has 0 unspecified atom stereocenters. The van der Waals surface area contributed by atoms with Gasteiger partial charge in [0.1, 0.15) is 6.04 Å². The number of nitrogens with two attached hydrogens (primary N) is 1. The molecule has 3 nitrogen and oxygen atoms in total. The standard InChI is InChI=1S/C16H17IN2O/c1-12(13-6-3-2-4-7-13)18-11-16(20)19-15-9-5-8-14(17)10-15/h2-10,12,18H,11H2,1H3,(H,19,20)/p+1/t12-/m0/s1. The van der Waals surface area contributed by atoms with Gasteiger partial charge in [0, 0.05) is 14.8 Å². The van der Waals surface area contributed by atoms with E-state index in [0.29, 0.717) is 6.54 Å². The van der Waals surface area contributed by atoms with E-state index in [1.165, 1.54) is 5.56 Å². The van der Waals surface area contributed by atoms with Crippen molar-refractivity contribution in [1.82, 2.24) is 0 Å². The zero-order valence-corrected chi connectivity index (χ0v) is 13.5. The second-order valence-electron chi connectivity index (χ2n) is 4.70. The fraction of sp³-hybridized carbons (Fsp3) is 0.188. The van der Waals surface area contributed by atoms with Crippen molar-refractivity contribution >= 4 is 34.2 Å². The Balaban J connectivity index is 1.83. The molecule has 0 aliphatic rings. The number of halogens is 1. The first-order chi connectivity index (χ1) is 9.65. The number of quaternary nitrogens is 1. The fourth-order valence-electron chi connectivity index (χ4n) is 1.95. The quantitative estimate of drug-likeness (QED) is 0.769. The van der Waals surface area contributed by atoms with Crippen molar-refractivity contribution in [3.05, 3.63) is 63.7 Å². The third kappa shape index (κ3) is 4.61. The van der Waals surface area contributed by atoms with Gasteiger partial charge in [0.05, 0.1) is 0 Å². The minimum absolute atomic E-state index is 0.0229. The molecule has 0 heterocycles. The number of hydrogen-bond acceptors (Lipinski definition) is 1. The molecule has 0 aliphatic carbocycles. The van der Waals surface area contributed by atoms with E-state index in [2.05, 4.69) is 47.0 Å². The molecule has 0 saturated carbocycles. The summed E-state index contributed by atoms with van der Waals surface area (Å²) in [5.74, 6) is 0.0229. The Hall–Kier alpha value is -1.40. The first kappa shape index (κ1) is 15.0. The summed E-state index contributed by atoms with van der Waals surface area (Å²) in [6, 6.07) is 18.3. The predicted molar refractivity (Wildman–Crippen MR) is 89.4 cm³/mol. The van der Waals surface area contributed by atoms with Crippen LogP contribution in [-0.2, 0) is 4.79 Å². The van der Waals surface area contributed by atoms with E-state index in [1.54, 1.807) is 0 Å². The third-order valence-electron chi connectivity index (χ3n) is 3.09. The summed E-state index contributed by atoms with van der Waals surface area (Å²) in [6.45, 7) is 2.52. The van der Waals surface area contributed by atoms with Gasteiger partial charge in [-0.2, -0.15) is 0 Å². The van der Waals surface area contributed by atoms with Crippen LogP contribution < -0.4 is 10.6 Å². The zero-order chi connectivity index (χ0) is 14.4. The van der Waals surface area contributed by atoms with E-state index in [9.17, 15) is 4.79 Å². The number of rotatable bonds is 5. The molecule has 0 spiro atoms. The Bertz CT molecular complexity index is 572. The Kier molecular flexibility index (Phi) is 5.55. The summed E-state index contributed by atoms with van der Waals surface area (Å²) in [7, 11) is 0. The molecule has 2 rings (SSSR count). The molecule has 4 heteroatoms. The van der Waals surface area contributed by atoms with Crippen molar-refractivity contribution < 1.29 is 10.1 Å². The molecule has 1 amide bonds. The van der Waals surface area contributed by atoms with Gasteiger partial charge >= 0.3 is 0 Å². The third-order valence-corrected chi connectivity index (χ3v) is 3.76. The average molecular weight is 381 g/mol. The second kappa shape index (κ2) is 7.40. The number of carbonyl (C=O) groups excluding carboxylic acids is 1. The lowest BCUT2D eigenvalue weighted by Gasteiger charge is -2.11. The molecule has 1 atom stereocenters. The van der Waals surface area contributed by atoms with Crippen LogP contribution >= 0.6 is 22.6 Å². The predicted octanol–water partition coefficient (Wildman–Crippen LogP) is 2.55. The minimum atomic E-state index is 0.0229. The maximum absolute atomic E-state index is 11.9. The van der Waals surface area contributed by atoms with Crippen LogP contribution in [0.25, 0.3) is 0 Å². The maximum Gasteiger partial charge on any atom is 0.279 e. The van der Waals surface area contributed by atoms with Gasteiger partial charge in [0.2, 0.25) is 0 Å². The van der Waals surface area contributed by atoms with Gasteiger partial charge in [-0.3, -0.25) is 4.79 Å². The smallest absolute Gasteiger partial charge is 0.279 e. The summed E-state index contributed by atoms with van der Waals surface area (Å²) >= 11 is 2.23. The first-order valence-corrected chi connectivity index (χ1v) is 7.67. The molecule has 3 N–H and O–H groups in total. The second-order valence-corrected chi connectivity index (χ2v) is 5.94. The molecule has 0 aromatic heterocycles. The van der Waals surface area contributed by atoms with Crippen molar-refractivity contribution in [2.45, 2.75) is 13.0 Å². The number of amides is 1. The van der Waals surface area contributed by atoms with Crippen molar-refractivity contribution in [3.63, 3.8) is 0 Å². The lowest BCUT2D eigenvalue weighted by atomic mass is 10.1. The highest BCUT2D eigenvalue weighted by Crippen LogP contribution is 2.12. The van der Waals surface area contributed by atoms with E-state index >= 15 is 0 Å². The van der Waals surface area contributed by atoms with Crippen LogP contribution in [0.1, 0.15) is 18.5 Å². The summed E-state index contributed by atoms with van der Waals surface area (Å²) in [5, 5.41) is 4.95. The Morgan fingerprint density at radius 3 is 2.65 bits per heavy atom. The largest absolute Gasteiger partial charge is 0.333 e. The van der Waals surface area contributed by atoms with E-state index in [-0.39, 0.29) is 11.9 Å². The Labute approximate surface area is 132 Å². The first-order valence-electron chi connectivity index (χ1n) is 6.59. The highest BCUT2D eigenvalue weighted by atomic mass is 127. The van der Waals surface area contributed by atoms with Gasteiger partial charge in [-0.25, -0.2) is 0 Å². The van der Waals surface area contributed by atoms with Crippen LogP contribution in [0.5, 0.6) is 0 Å². The number of benzene rings is 2. The molecular weight excluding hydrogens is 363 g/mol. The van der Waals surface area contributed by atoms with Gasteiger partial charge in [-0.05, 0) is 47.7 Å². The van der Waals surface area contributed by atoms with Crippen LogP contribution in [-0.4, -0.2) is 12.5 Å². The number of anilines is 1. The number of carbonyl (C=O) groups is 1. The minimum Gasteiger partial charge on any atom is -0.333 e. The van der Waals surface area contributed by atoms with Crippen LogP contribution in [0.4, 0.5) is 5.69 Å². The van der Waals surface area contributed by atoms with Crippen LogP contribution in [0.3, 0.4) is 0 Å². The van der Waals surface area contributed by atoms with Crippen LogP contribution in [0.15, 0.2) is 54.6 Å². The molecular formula is C16H18IN2O+. The van der Waals surface area contributed by atoms with Gasteiger partial charge in [-0.1, -0.05) is 36.4 Å². The Morgan fingerprint density at radius 2 is 1.95 bits per heavy atom. The van der Waals surface area contributed by atoms with Crippen LogP contribution in [0, 0.1) is 3.57 Å². The molecule has 0 aliphatic heterocycles. The van der Waals surface area contributed by atoms with Crippen molar-refractivity contribution in [2.75, 3.05) is 11.9 Å². The van der Waals surface area contributed by atoms with Gasteiger partial charge in [-0.15, -0.1) is 0 Å². The molecule has 0 bridgehead atoms. The maximum atomic E-state index is 11.9. The molecule has 104 valence electrons. The van der Waals surface area contributed by atoms with E-state index in [0.717, 1.165) is 9.26 Å². The summed E-state index contributed by atoms with van der Waals surface area (Å²) in [5.41, 5.74) is 2.08. The van der Waals surface area contributed by atoms with Crippen molar-refractivity contribution in [1.29, 1.82) is 0 Å². The van der Waals surface area contributed by atoms with Crippen molar-refractivity contribution in [2.24, 2.45) is 0 Å². The molecule has 0 fully saturated rings. The van der Waals surface area contributed by atoms with Crippen LogP contribution in [0.2, 0.25) is 0 Å². The number of hydrogen-bond donors (Lipinski definition) is 2. The van der Waals surface area contributed by atoms with Gasteiger partial charge in [0.25, 0.3) is 5.91 Å². The Morgan fingerprint density at radius 1 is 1.20 bits per heavy atom. The monoisotopic (exact) mass is 381 g/mol. The summed E-state index contributed by atoms with van der Waals surface area (Å²) in [4.78, 5) is 11.9. The summed E-state index contributed by atoms with van der Waals surface area (Å²) < 4.78 is 1.11.